The number of aliphatic hydroxyl groups is 1. The number of benzene rings is 1. The Morgan fingerprint density at radius 1 is 1.44 bits per heavy atom. The van der Waals surface area contributed by atoms with Gasteiger partial charge in [0.05, 0.1) is 0 Å². The van der Waals surface area contributed by atoms with E-state index in [0.29, 0.717) is 12.8 Å². The van der Waals surface area contributed by atoms with Gasteiger partial charge in [-0.25, -0.2) is 0 Å². The molecule has 3 heteroatoms. The van der Waals surface area contributed by atoms with Crippen LogP contribution in [0.5, 0.6) is 0 Å². The van der Waals surface area contributed by atoms with Crippen molar-refractivity contribution in [1.82, 2.24) is 0 Å². The Labute approximate surface area is 95.3 Å². The van der Waals surface area contributed by atoms with Gasteiger partial charge in [-0.3, -0.25) is 4.79 Å². The fourth-order valence-electron chi connectivity index (χ4n) is 2.47. The van der Waals surface area contributed by atoms with Gasteiger partial charge < -0.3 is 10.8 Å². The highest BCUT2D eigenvalue weighted by molar-refractivity contribution is 5.93. The van der Waals surface area contributed by atoms with E-state index in [-0.39, 0.29) is 5.78 Å². The molecule has 2 atom stereocenters. The quantitative estimate of drug-likeness (QED) is 0.747. The SMILES string of the molecule is Cc1ccccc1C1(N)CCCC(O)C1=O. The average Bonchev–Trinajstić information content (AvgIpc) is 2.26. The van der Waals surface area contributed by atoms with Crippen molar-refractivity contribution >= 4 is 5.78 Å². The lowest BCUT2D eigenvalue weighted by molar-refractivity contribution is -0.136. The van der Waals surface area contributed by atoms with Gasteiger partial charge >= 0.3 is 0 Å². The minimum absolute atomic E-state index is 0.243. The normalized spacial score (nSPS) is 30.4. The lowest BCUT2D eigenvalue weighted by Crippen LogP contribution is -2.53. The Hall–Kier alpha value is -1.19. The van der Waals surface area contributed by atoms with Crippen LogP contribution in [0.25, 0.3) is 0 Å². The van der Waals surface area contributed by atoms with Crippen molar-refractivity contribution < 1.29 is 9.90 Å². The highest BCUT2D eigenvalue weighted by atomic mass is 16.3. The van der Waals surface area contributed by atoms with Crippen molar-refractivity contribution in [2.75, 3.05) is 0 Å². The highest BCUT2D eigenvalue weighted by Crippen LogP contribution is 2.33. The Morgan fingerprint density at radius 2 is 2.12 bits per heavy atom. The molecular formula is C13H17NO2. The number of aliphatic hydroxyl groups excluding tert-OH is 1. The van der Waals surface area contributed by atoms with Crippen molar-refractivity contribution in [1.29, 1.82) is 0 Å². The molecule has 1 saturated carbocycles. The summed E-state index contributed by atoms with van der Waals surface area (Å²) in [6.07, 6.45) is 1.04. The molecule has 0 amide bonds. The molecular weight excluding hydrogens is 202 g/mol. The molecule has 3 N–H and O–H groups in total. The topological polar surface area (TPSA) is 63.3 Å². The maximum absolute atomic E-state index is 12.0. The largest absolute Gasteiger partial charge is 0.385 e. The van der Waals surface area contributed by atoms with E-state index >= 15 is 0 Å². The second-order valence-corrected chi connectivity index (χ2v) is 4.56. The van der Waals surface area contributed by atoms with Crippen LogP contribution in [0, 0.1) is 6.92 Å². The molecule has 1 fully saturated rings. The number of carbonyl (C=O) groups is 1. The molecule has 1 aromatic carbocycles. The maximum Gasteiger partial charge on any atom is 0.185 e. The summed E-state index contributed by atoms with van der Waals surface area (Å²) in [5.41, 5.74) is 7.06. The lowest BCUT2D eigenvalue weighted by atomic mass is 9.74. The van der Waals surface area contributed by atoms with Gasteiger partial charge in [-0.15, -0.1) is 0 Å². The first-order valence-corrected chi connectivity index (χ1v) is 5.63. The van der Waals surface area contributed by atoms with Crippen molar-refractivity contribution in [2.45, 2.75) is 37.8 Å². The third-order valence-electron chi connectivity index (χ3n) is 3.42. The zero-order valence-corrected chi connectivity index (χ0v) is 9.44. The van der Waals surface area contributed by atoms with Crippen LogP contribution in [0.4, 0.5) is 0 Å². The van der Waals surface area contributed by atoms with Gasteiger partial charge in [0.2, 0.25) is 0 Å². The van der Waals surface area contributed by atoms with Crippen molar-refractivity contribution in [2.24, 2.45) is 5.73 Å². The number of carbonyl (C=O) groups excluding carboxylic acids is 1. The fourth-order valence-corrected chi connectivity index (χ4v) is 2.47. The summed E-state index contributed by atoms with van der Waals surface area (Å²) in [7, 11) is 0. The first kappa shape index (κ1) is 11.3. The lowest BCUT2D eigenvalue weighted by Gasteiger charge is -2.35. The number of ketones is 1. The number of hydrogen-bond acceptors (Lipinski definition) is 3. The minimum atomic E-state index is -0.997. The predicted molar refractivity (Wildman–Crippen MR) is 61.9 cm³/mol. The van der Waals surface area contributed by atoms with E-state index in [1.165, 1.54) is 0 Å². The van der Waals surface area contributed by atoms with Crippen molar-refractivity contribution in [3.63, 3.8) is 0 Å². The molecule has 0 aliphatic heterocycles. The molecule has 16 heavy (non-hydrogen) atoms. The summed E-state index contributed by atoms with van der Waals surface area (Å²) in [4.78, 5) is 12.0. The summed E-state index contributed by atoms with van der Waals surface area (Å²) >= 11 is 0. The zero-order chi connectivity index (χ0) is 11.8. The Balaban J connectivity index is 2.45. The molecule has 1 aromatic rings. The Morgan fingerprint density at radius 3 is 2.81 bits per heavy atom. The molecule has 0 saturated heterocycles. The molecule has 0 spiro atoms. The maximum atomic E-state index is 12.0. The van der Waals surface area contributed by atoms with E-state index in [9.17, 15) is 9.90 Å². The number of aryl methyl sites for hydroxylation is 1. The number of nitrogens with two attached hydrogens (primary N) is 1. The molecule has 86 valence electrons. The number of hydrogen-bond donors (Lipinski definition) is 2. The summed E-state index contributed by atoms with van der Waals surface area (Å²) in [5.74, 6) is -0.243. The molecule has 1 aliphatic rings. The smallest absolute Gasteiger partial charge is 0.185 e. The van der Waals surface area contributed by atoms with Crippen LogP contribution < -0.4 is 5.73 Å². The Bertz CT molecular complexity index is 416. The van der Waals surface area contributed by atoms with Gasteiger partial charge in [-0.2, -0.15) is 0 Å². The molecule has 0 bridgehead atoms. The highest BCUT2D eigenvalue weighted by Gasteiger charge is 2.42. The first-order valence-electron chi connectivity index (χ1n) is 5.63. The molecule has 2 rings (SSSR count). The van der Waals surface area contributed by atoms with Crippen LogP contribution in [0.1, 0.15) is 30.4 Å². The van der Waals surface area contributed by atoms with Gasteiger partial charge in [0.15, 0.2) is 5.78 Å². The van der Waals surface area contributed by atoms with Gasteiger partial charge in [-0.1, -0.05) is 24.3 Å². The van der Waals surface area contributed by atoms with Crippen LogP contribution in [-0.2, 0) is 10.3 Å². The van der Waals surface area contributed by atoms with Crippen LogP contribution in [-0.4, -0.2) is 17.0 Å². The summed E-state index contributed by atoms with van der Waals surface area (Å²) in [5, 5.41) is 9.64. The van der Waals surface area contributed by atoms with E-state index in [1.54, 1.807) is 0 Å². The summed E-state index contributed by atoms with van der Waals surface area (Å²) in [6, 6.07) is 7.63. The third kappa shape index (κ3) is 1.66. The molecule has 0 radical (unpaired) electrons. The van der Waals surface area contributed by atoms with Gasteiger partial charge in [0.25, 0.3) is 0 Å². The summed E-state index contributed by atoms with van der Waals surface area (Å²) in [6.45, 7) is 1.94. The standard InChI is InChI=1S/C13H17NO2/c1-9-5-2-3-6-10(9)13(14)8-4-7-11(15)12(13)16/h2-3,5-6,11,15H,4,7-8,14H2,1H3. The van der Waals surface area contributed by atoms with E-state index in [4.69, 9.17) is 5.73 Å². The van der Waals surface area contributed by atoms with E-state index in [2.05, 4.69) is 0 Å². The second-order valence-electron chi connectivity index (χ2n) is 4.56. The van der Waals surface area contributed by atoms with Crippen molar-refractivity contribution in [3.8, 4) is 0 Å². The zero-order valence-electron chi connectivity index (χ0n) is 9.44. The minimum Gasteiger partial charge on any atom is -0.385 e. The Kier molecular flexibility index (Phi) is 2.82. The third-order valence-corrected chi connectivity index (χ3v) is 3.42. The van der Waals surface area contributed by atoms with E-state index in [1.807, 2.05) is 31.2 Å². The summed E-state index contributed by atoms with van der Waals surface area (Å²) < 4.78 is 0. The van der Waals surface area contributed by atoms with Crippen LogP contribution >= 0.6 is 0 Å². The van der Waals surface area contributed by atoms with Gasteiger partial charge in [0, 0.05) is 0 Å². The molecule has 2 unspecified atom stereocenters. The molecule has 0 aromatic heterocycles. The van der Waals surface area contributed by atoms with Crippen molar-refractivity contribution in [3.05, 3.63) is 35.4 Å². The van der Waals surface area contributed by atoms with Gasteiger partial charge in [0.1, 0.15) is 11.6 Å². The predicted octanol–water partition coefficient (Wildman–Crippen LogP) is 1.26. The van der Waals surface area contributed by atoms with Gasteiger partial charge in [-0.05, 0) is 37.3 Å². The van der Waals surface area contributed by atoms with E-state index in [0.717, 1.165) is 17.5 Å². The number of Topliss-reactive ketones (excluding diaryl/α,β-unsaturated/α-hetero) is 1. The monoisotopic (exact) mass is 219 g/mol. The molecule has 1 aliphatic carbocycles. The number of rotatable bonds is 1. The average molecular weight is 219 g/mol. The van der Waals surface area contributed by atoms with Crippen LogP contribution in [0.2, 0.25) is 0 Å². The van der Waals surface area contributed by atoms with E-state index < -0.39 is 11.6 Å². The van der Waals surface area contributed by atoms with Crippen LogP contribution in [0.15, 0.2) is 24.3 Å². The fraction of sp³-hybridized carbons (Fsp3) is 0.462. The van der Waals surface area contributed by atoms with Crippen LogP contribution in [0.3, 0.4) is 0 Å². The molecule has 0 heterocycles. The molecule has 3 nitrogen and oxygen atoms in total. The first-order chi connectivity index (χ1) is 7.55. The second kappa shape index (κ2) is 4.00.